The second-order valence-corrected chi connectivity index (χ2v) is 5.40. The van der Waals surface area contributed by atoms with E-state index in [9.17, 15) is 5.11 Å². The Morgan fingerprint density at radius 3 is 3.16 bits per heavy atom. The molecule has 1 aliphatic rings. The van der Waals surface area contributed by atoms with Crippen molar-refractivity contribution < 1.29 is 5.11 Å². The Hall–Kier alpha value is -1.50. The highest BCUT2D eigenvalue weighted by molar-refractivity contribution is 7.14. The summed E-state index contributed by atoms with van der Waals surface area (Å²) in [5.41, 5.74) is 0.600. The fourth-order valence-electron chi connectivity index (χ4n) is 2.34. The highest BCUT2D eigenvalue weighted by atomic mass is 32.1. The van der Waals surface area contributed by atoms with Gasteiger partial charge in [-0.1, -0.05) is 0 Å². The molecule has 100 valence electrons. The minimum Gasteiger partial charge on any atom is -0.383 e. The van der Waals surface area contributed by atoms with Crippen LogP contribution in [0.2, 0.25) is 0 Å². The van der Waals surface area contributed by atoms with Crippen molar-refractivity contribution in [1.82, 2.24) is 15.3 Å². The van der Waals surface area contributed by atoms with Crippen molar-refractivity contribution in [1.29, 1.82) is 0 Å². The zero-order valence-corrected chi connectivity index (χ0v) is 11.3. The molecule has 2 atom stereocenters. The number of aromatic nitrogens is 2. The van der Waals surface area contributed by atoms with E-state index in [1.165, 1.54) is 5.00 Å². The van der Waals surface area contributed by atoms with Gasteiger partial charge >= 0.3 is 0 Å². The van der Waals surface area contributed by atoms with Crippen LogP contribution < -0.4 is 10.2 Å². The number of aliphatic hydroxyl groups is 1. The first-order valence-corrected chi connectivity index (χ1v) is 7.22. The summed E-state index contributed by atoms with van der Waals surface area (Å²) in [6.45, 7) is 1.85. The first kappa shape index (κ1) is 12.5. The summed E-state index contributed by atoms with van der Waals surface area (Å²) in [7, 11) is 0. The Balaban J connectivity index is 1.84. The first-order valence-electron chi connectivity index (χ1n) is 6.34. The van der Waals surface area contributed by atoms with Gasteiger partial charge in [0.2, 0.25) is 0 Å². The van der Waals surface area contributed by atoms with Gasteiger partial charge in [-0.05, 0) is 30.5 Å². The number of aliphatic hydroxyl groups excluding tert-OH is 1. The zero-order valence-electron chi connectivity index (χ0n) is 10.4. The third kappa shape index (κ3) is 2.60. The fraction of sp³-hybridized carbons (Fsp3) is 0.385. The second kappa shape index (κ2) is 5.64. The van der Waals surface area contributed by atoms with Crippen LogP contribution in [-0.4, -0.2) is 34.3 Å². The van der Waals surface area contributed by atoms with Crippen molar-refractivity contribution in [2.24, 2.45) is 0 Å². The first-order chi connectivity index (χ1) is 9.36. The molecule has 1 saturated heterocycles. The molecule has 0 radical (unpaired) electrons. The van der Waals surface area contributed by atoms with E-state index in [0.717, 1.165) is 19.5 Å². The summed E-state index contributed by atoms with van der Waals surface area (Å²) in [6, 6.07) is 4.11. The van der Waals surface area contributed by atoms with Crippen LogP contribution in [0.1, 0.15) is 18.2 Å². The molecule has 2 aromatic rings. The van der Waals surface area contributed by atoms with Crippen LogP contribution in [-0.2, 0) is 0 Å². The van der Waals surface area contributed by atoms with E-state index in [1.807, 2.05) is 6.07 Å². The fourth-order valence-corrected chi connectivity index (χ4v) is 3.13. The molecule has 0 spiro atoms. The van der Waals surface area contributed by atoms with Gasteiger partial charge in [-0.3, -0.25) is 15.3 Å². The van der Waals surface area contributed by atoms with Crippen molar-refractivity contribution in [3.63, 3.8) is 0 Å². The predicted molar refractivity (Wildman–Crippen MR) is 75.1 cm³/mol. The number of nitrogens with zero attached hydrogens (tertiary/aromatic N) is 3. The van der Waals surface area contributed by atoms with E-state index >= 15 is 0 Å². The lowest BCUT2D eigenvalue weighted by molar-refractivity contribution is 0.114. The molecule has 2 aromatic heterocycles. The van der Waals surface area contributed by atoms with Gasteiger partial charge in [0.05, 0.1) is 16.9 Å². The van der Waals surface area contributed by atoms with Gasteiger partial charge in [0.15, 0.2) is 0 Å². The van der Waals surface area contributed by atoms with Crippen molar-refractivity contribution in [3.05, 3.63) is 41.8 Å². The molecular formula is C13H16N4OS. The van der Waals surface area contributed by atoms with Gasteiger partial charge in [-0.15, -0.1) is 11.3 Å². The highest BCUT2D eigenvalue weighted by Crippen LogP contribution is 2.29. The number of anilines is 1. The van der Waals surface area contributed by atoms with Gasteiger partial charge in [0, 0.05) is 18.9 Å². The van der Waals surface area contributed by atoms with E-state index in [1.54, 1.807) is 29.9 Å². The second-order valence-electron chi connectivity index (χ2n) is 4.47. The lowest BCUT2D eigenvalue weighted by atomic mass is 10.1. The minimum absolute atomic E-state index is 0.149. The number of hydrogen-bond donors (Lipinski definition) is 2. The van der Waals surface area contributed by atoms with Crippen molar-refractivity contribution in [2.75, 3.05) is 18.0 Å². The molecular weight excluding hydrogens is 260 g/mol. The number of thiophene rings is 1. The molecule has 0 aliphatic carbocycles. The molecule has 6 heteroatoms. The summed E-state index contributed by atoms with van der Waals surface area (Å²) >= 11 is 1.68. The lowest BCUT2D eigenvalue weighted by Gasteiger charge is -2.39. The maximum absolute atomic E-state index is 10.5. The van der Waals surface area contributed by atoms with Crippen LogP contribution in [0.15, 0.2) is 36.1 Å². The Labute approximate surface area is 115 Å². The molecule has 0 bridgehead atoms. The van der Waals surface area contributed by atoms with Crippen LogP contribution in [0, 0.1) is 0 Å². The molecule has 3 heterocycles. The largest absolute Gasteiger partial charge is 0.383 e. The molecule has 1 fully saturated rings. The van der Waals surface area contributed by atoms with Gasteiger partial charge in [-0.25, -0.2) is 0 Å². The van der Waals surface area contributed by atoms with E-state index < -0.39 is 6.10 Å². The van der Waals surface area contributed by atoms with Gasteiger partial charge < -0.3 is 10.0 Å². The Kier molecular flexibility index (Phi) is 3.72. The maximum atomic E-state index is 10.5. The summed E-state index contributed by atoms with van der Waals surface area (Å²) < 4.78 is 0. The Morgan fingerprint density at radius 1 is 1.47 bits per heavy atom. The average Bonchev–Trinajstić information content (AvgIpc) is 3.01. The minimum atomic E-state index is -0.684. The lowest BCUT2D eigenvalue weighted by Crippen LogP contribution is -2.54. The third-order valence-corrected chi connectivity index (χ3v) is 4.14. The molecule has 1 aliphatic heterocycles. The quantitative estimate of drug-likeness (QED) is 0.887. The Morgan fingerprint density at radius 2 is 2.42 bits per heavy atom. The van der Waals surface area contributed by atoms with E-state index in [2.05, 4.69) is 31.6 Å². The summed E-state index contributed by atoms with van der Waals surface area (Å²) in [4.78, 5) is 10.4. The summed E-state index contributed by atoms with van der Waals surface area (Å²) in [5.74, 6) is 0. The number of hydrogen-bond acceptors (Lipinski definition) is 6. The summed E-state index contributed by atoms with van der Waals surface area (Å²) in [5, 5.41) is 17.1. The van der Waals surface area contributed by atoms with Crippen molar-refractivity contribution >= 4 is 16.3 Å². The SMILES string of the molecule is OC(c1cnccn1)C1NCCCN1c1cccs1. The highest BCUT2D eigenvalue weighted by Gasteiger charge is 2.30. The van der Waals surface area contributed by atoms with Crippen LogP contribution in [0.25, 0.3) is 0 Å². The molecule has 3 rings (SSSR count). The maximum Gasteiger partial charge on any atom is 0.131 e. The number of nitrogens with one attached hydrogen (secondary N) is 1. The molecule has 19 heavy (non-hydrogen) atoms. The molecule has 0 saturated carbocycles. The topological polar surface area (TPSA) is 61.3 Å². The van der Waals surface area contributed by atoms with Crippen LogP contribution >= 0.6 is 11.3 Å². The van der Waals surface area contributed by atoms with E-state index in [-0.39, 0.29) is 6.17 Å². The van der Waals surface area contributed by atoms with Gasteiger partial charge in [0.25, 0.3) is 0 Å². The number of rotatable bonds is 3. The molecule has 5 nitrogen and oxygen atoms in total. The van der Waals surface area contributed by atoms with Crippen LogP contribution in [0.3, 0.4) is 0 Å². The standard InChI is InChI=1S/C13H16N4OS/c18-12(10-9-14-5-6-15-10)13-16-4-2-7-17(13)11-3-1-8-19-11/h1,3,5-6,8-9,12-13,16,18H,2,4,7H2. The molecule has 0 amide bonds. The Bertz CT molecular complexity index is 505. The molecule has 2 unspecified atom stereocenters. The van der Waals surface area contributed by atoms with E-state index in [0.29, 0.717) is 5.69 Å². The summed E-state index contributed by atoms with van der Waals surface area (Å²) in [6.07, 6.45) is 5.08. The zero-order chi connectivity index (χ0) is 13.1. The van der Waals surface area contributed by atoms with Crippen molar-refractivity contribution in [2.45, 2.75) is 18.7 Å². The van der Waals surface area contributed by atoms with E-state index in [4.69, 9.17) is 0 Å². The van der Waals surface area contributed by atoms with Crippen molar-refractivity contribution in [3.8, 4) is 0 Å². The van der Waals surface area contributed by atoms with Crippen LogP contribution in [0.5, 0.6) is 0 Å². The molecule has 2 N–H and O–H groups in total. The monoisotopic (exact) mass is 276 g/mol. The normalized spacial score (nSPS) is 21.3. The van der Waals surface area contributed by atoms with Gasteiger partial charge in [0.1, 0.15) is 12.3 Å². The predicted octanol–water partition coefficient (Wildman–Crippen LogP) is 1.40. The average molecular weight is 276 g/mol. The van der Waals surface area contributed by atoms with Gasteiger partial charge in [-0.2, -0.15) is 0 Å². The third-order valence-electron chi connectivity index (χ3n) is 3.24. The smallest absolute Gasteiger partial charge is 0.131 e. The molecule has 0 aromatic carbocycles. The van der Waals surface area contributed by atoms with Crippen LogP contribution in [0.4, 0.5) is 5.00 Å².